The Balaban J connectivity index is 2.05. The Labute approximate surface area is 122 Å². The zero-order valence-corrected chi connectivity index (χ0v) is 11.5. The van der Waals surface area contributed by atoms with Crippen molar-refractivity contribution in [3.05, 3.63) is 42.5 Å². The molecule has 1 aromatic carbocycles. The van der Waals surface area contributed by atoms with Gasteiger partial charge in [-0.15, -0.1) is 6.58 Å². The van der Waals surface area contributed by atoms with E-state index in [1.807, 2.05) is 12.1 Å². The van der Waals surface area contributed by atoms with Crippen molar-refractivity contribution in [3.8, 4) is 5.75 Å². The summed E-state index contributed by atoms with van der Waals surface area (Å²) in [7, 11) is 0. The fourth-order valence-electron chi connectivity index (χ4n) is 2.17. The van der Waals surface area contributed by atoms with Crippen LogP contribution in [0.5, 0.6) is 5.75 Å². The molecule has 0 aromatic heterocycles. The molecule has 1 unspecified atom stereocenters. The summed E-state index contributed by atoms with van der Waals surface area (Å²) in [6, 6.07) is 7.11. The quantitative estimate of drug-likeness (QED) is 0.552. The minimum Gasteiger partial charge on any atom is -0.462 e. The van der Waals surface area contributed by atoms with E-state index in [9.17, 15) is 15.3 Å². The van der Waals surface area contributed by atoms with E-state index >= 15 is 0 Å². The predicted octanol–water partition coefficient (Wildman–Crippen LogP) is -0.406. The van der Waals surface area contributed by atoms with Crippen LogP contribution in [0.3, 0.4) is 0 Å². The number of allylic oxidation sites excluding steroid dienone is 1. The second-order valence-corrected chi connectivity index (χ2v) is 4.95. The molecule has 6 nitrogen and oxygen atoms in total. The fourth-order valence-corrected chi connectivity index (χ4v) is 2.17. The highest BCUT2D eigenvalue weighted by molar-refractivity contribution is 5.28. The summed E-state index contributed by atoms with van der Waals surface area (Å²) in [5.41, 5.74) is 1.06. The Hall–Kier alpha value is -1.44. The van der Waals surface area contributed by atoms with E-state index in [1.165, 1.54) is 0 Å². The number of ether oxygens (including phenoxy) is 2. The Kier molecular flexibility index (Phi) is 5.33. The van der Waals surface area contributed by atoms with Crippen LogP contribution < -0.4 is 4.74 Å². The van der Waals surface area contributed by atoms with E-state index < -0.39 is 37.3 Å². The van der Waals surface area contributed by atoms with Crippen molar-refractivity contribution in [2.75, 3.05) is 6.61 Å². The lowest BCUT2D eigenvalue weighted by molar-refractivity contribution is -0.277. The molecule has 0 saturated carbocycles. The molecular weight excluding hydrogens is 276 g/mol. The number of hydrogen-bond donors (Lipinski definition) is 4. The molecule has 0 amide bonds. The molecule has 21 heavy (non-hydrogen) atoms. The van der Waals surface area contributed by atoms with Gasteiger partial charge in [0.05, 0.1) is 6.61 Å². The van der Waals surface area contributed by atoms with Gasteiger partial charge in [0.15, 0.2) is 0 Å². The number of aliphatic hydroxyl groups is 4. The lowest BCUT2D eigenvalue weighted by Crippen LogP contribution is -2.60. The van der Waals surface area contributed by atoms with Crippen LogP contribution in [0.15, 0.2) is 36.9 Å². The van der Waals surface area contributed by atoms with Gasteiger partial charge in [0.1, 0.15) is 30.2 Å². The van der Waals surface area contributed by atoms with Crippen molar-refractivity contribution in [2.45, 2.75) is 37.1 Å². The molecule has 0 radical (unpaired) electrons. The fraction of sp³-hybridized carbons (Fsp3) is 0.467. The van der Waals surface area contributed by atoms with E-state index in [0.29, 0.717) is 5.75 Å². The summed E-state index contributed by atoms with van der Waals surface area (Å²) in [4.78, 5) is 0. The number of aliphatic hydroxyl groups excluding tert-OH is 4. The first-order chi connectivity index (χ1) is 10.1. The van der Waals surface area contributed by atoms with E-state index in [2.05, 4.69) is 6.58 Å². The first kappa shape index (κ1) is 15.9. The predicted molar refractivity (Wildman–Crippen MR) is 74.7 cm³/mol. The minimum atomic E-state index is -1.44. The molecule has 1 saturated heterocycles. The van der Waals surface area contributed by atoms with Crippen molar-refractivity contribution in [1.82, 2.24) is 0 Å². The third-order valence-electron chi connectivity index (χ3n) is 3.40. The number of benzene rings is 1. The highest BCUT2D eigenvalue weighted by atomic mass is 16.7. The molecule has 1 aromatic rings. The summed E-state index contributed by atoms with van der Waals surface area (Å²) < 4.78 is 10.7. The molecule has 5 atom stereocenters. The zero-order valence-electron chi connectivity index (χ0n) is 11.5. The van der Waals surface area contributed by atoms with E-state index in [0.717, 1.165) is 12.0 Å². The van der Waals surface area contributed by atoms with E-state index in [-0.39, 0.29) is 0 Å². The number of hydrogen-bond acceptors (Lipinski definition) is 6. The van der Waals surface area contributed by atoms with Crippen LogP contribution in [0.2, 0.25) is 0 Å². The van der Waals surface area contributed by atoms with Crippen LogP contribution in [-0.2, 0) is 11.2 Å². The second kappa shape index (κ2) is 7.02. The normalized spacial score (nSPS) is 32.7. The maximum atomic E-state index is 9.87. The lowest BCUT2D eigenvalue weighted by atomic mass is 9.99. The molecule has 2 rings (SSSR count). The summed E-state index contributed by atoms with van der Waals surface area (Å²) >= 11 is 0. The Bertz CT molecular complexity index is 458. The Morgan fingerprint density at radius 2 is 1.76 bits per heavy atom. The van der Waals surface area contributed by atoms with Gasteiger partial charge in [-0.3, -0.25) is 0 Å². The third-order valence-corrected chi connectivity index (χ3v) is 3.40. The largest absolute Gasteiger partial charge is 0.462 e. The summed E-state index contributed by atoms with van der Waals surface area (Å²) in [5, 5.41) is 38.3. The van der Waals surface area contributed by atoms with Crippen LogP contribution in [0.4, 0.5) is 0 Å². The van der Waals surface area contributed by atoms with Crippen LogP contribution >= 0.6 is 0 Å². The van der Waals surface area contributed by atoms with Crippen molar-refractivity contribution < 1.29 is 29.9 Å². The average molecular weight is 296 g/mol. The highest BCUT2D eigenvalue weighted by Gasteiger charge is 2.44. The summed E-state index contributed by atoms with van der Waals surface area (Å²) in [5.74, 6) is 0.451. The summed E-state index contributed by atoms with van der Waals surface area (Å²) in [6.45, 7) is 3.17. The van der Waals surface area contributed by atoms with Crippen molar-refractivity contribution >= 4 is 0 Å². The van der Waals surface area contributed by atoms with Gasteiger partial charge in [0.2, 0.25) is 6.29 Å². The summed E-state index contributed by atoms with van der Waals surface area (Å²) in [6.07, 6.45) is -3.86. The highest BCUT2D eigenvalue weighted by Crippen LogP contribution is 2.24. The van der Waals surface area contributed by atoms with Gasteiger partial charge in [0, 0.05) is 0 Å². The van der Waals surface area contributed by atoms with E-state index in [1.54, 1.807) is 18.2 Å². The Morgan fingerprint density at radius 3 is 2.33 bits per heavy atom. The van der Waals surface area contributed by atoms with Crippen LogP contribution in [-0.4, -0.2) is 57.7 Å². The SMILES string of the molecule is C=CCc1ccc(OC2O[C@@H](CO)[C@H](O)[C@@H](O)[C@@H]2O)cc1. The average Bonchev–Trinajstić information content (AvgIpc) is 2.50. The van der Waals surface area contributed by atoms with Gasteiger partial charge in [-0.25, -0.2) is 0 Å². The standard InChI is InChI=1S/C15H20O6/c1-2-3-9-4-6-10(7-5-9)20-15-14(19)13(18)12(17)11(8-16)21-15/h2,4-7,11-19H,1,3,8H2/t11-,12-,13+,14-,15?/m0/s1. The Morgan fingerprint density at radius 1 is 1.10 bits per heavy atom. The molecule has 6 heteroatoms. The smallest absolute Gasteiger partial charge is 0.229 e. The molecule has 0 spiro atoms. The maximum Gasteiger partial charge on any atom is 0.229 e. The van der Waals surface area contributed by atoms with Crippen molar-refractivity contribution in [3.63, 3.8) is 0 Å². The molecule has 1 aliphatic heterocycles. The lowest BCUT2D eigenvalue weighted by Gasteiger charge is -2.39. The number of rotatable bonds is 5. The zero-order chi connectivity index (χ0) is 15.4. The van der Waals surface area contributed by atoms with Gasteiger partial charge in [-0.2, -0.15) is 0 Å². The third kappa shape index (κ3) is 3.61. The molecule has 1 heterocycles. The topological polar surface area (TPSA) is 99.4 Å². The van der Waals surface area contributed by atoms with Gasteiger partial charge < -0.3 is 29.9 Å². The molecule has 1 fully saturated rings. The van der Waals surface area contributed by atoms with Crippen LogP contribution in [0.25, 0.3) is 0 Å². The monoisotopic (exact) mass is 296 g/mol. The van der Waals surface area contributed by atoms with Gasteiger partial charge in [-0.05, 0) is 24.1 Å². The van der Waals surface area contributed by atoms with Crippen LogP contribution in [0.1, 0.15) is 5.56 Å². The van der Waals surface area contributed by atoms with Gasteiger partial charge in [0.25, 0.3) is 0 Å². The van der Waals surface area contributed by atoms with Crippen molar-refractivity contribution in [1.29, 1.82) is 0 Å². The van der Waals surface area contributed by atoms with E-state index in [4.69, 9.17) is 14.6 Å². The molecule has 1 aliphatic rings. The first-order valence-electron chi connectivity index (χ1n) is 6.74. The molecule has 116 valence electrons. The first-order valence-corrected chi connectivity index (χ1v) is 6.74. The molecular formula is C15H20O6. The van der Waals surface area contributed by atoms with Crippen molar-refractivity contribution in [2.24, 2.45) is 0 Å². The molecule has 0 bridgehead atoms. The minimum absolute atomic E-state index is 0.451. The maximum absolute atomic E-state index is 9.87. The molecule has 0 aliphatic carbocycles. The molecule has 4 N–H and O–H groups in total. The van der Waals surface area contributed by atoms with Gasteiger partial charge in [-0.1, -0.05) is 18.2 Å². The van der Waals surface area contributed by atoms with Crippen LogP contribution in [0, 0.1) is 0 Å². The van der Waals surface area contributed by atoms with Gasteiger partial charge >= 0.3 is 0 Å². The second-order valence-electron chi connectivity index (χ2n) is 4.95.